The third kappa shape index (κ3) is 6.36. The van der Waals surface area contributed by atoms with Gasteiger partial charge in [0.15, 0.2) is 6.61 Å². The van der Waals surface area contributed by atoms with Gasteiger partial charge in [0.1, 0.15) is 5.75 Å². The average molecular weight is 602 g/mol. The predicted molar refractivity (Wildman–Crippen MR) is 157 cm³/mol. The molecule has 1 atom stereocenters. The van der Waals surface area contributed by atoms with Crippen LogP contribution in [-0.2, 0) is 9.59 Å². The second-order valence-electron chi connectivity index (χ2n) is 9.57. The van der Waals surface area contributed by atoms with Crippen molar-refractivity contribution in [1.82, 2.24) is 10.2 Å². The van der Waals surface area contributed by atoms with Gasteiger partial charge in [-0.1, -0.05) is 40.9 Å². The quantitative estimate of drug-likeness (QED) is 0.399. The van der Waals surface area contributed by atoms with Gasteiger partial charge in [0, 0.05) is 40.3 Å². The molecular weight excluding hydrogens is 575 g/mol. The molecule has 1 fully saturated rings. The average Bonchev–Trinajstić information content (AvgIpc) is 3.29. The minimum Gasteiger partial charge on any atom is -0.484 e. The van der Waals surface area contributed by atoms with Gasteiger partial charge in [-0.3, -0.25) is 19.3 Å². The van der Waals surface area contributed by atoms with E-state index in [2.05, 4.69) is 10.6 Å². The number of nitrogens with one attached hydrogen (secondary N) is 2. The number of benzene rings is 3. The first-order chi connectivity index (χ1) is 19.3. The maximum Gasteiger partial charge on any atom is 0.265 e. The summed E-state index contributed by atoms with van der Waals surface area (Å²) in [5.41, 5.74) is 1.77. The van der Waals surface area contributed by atoms with E-state index in [1.54, 1.807) is 65.6 Å². The van der Waals surface area contributed by atoms with Crippen molar-refractivity contribution in [3.8, 4) is 5.75 Å². The minimum atomic E-state index is -0.745. The van der Waals surface area contributed by atoms with Crippen molar-refractivity contribution >= 4 is 63.9 Å². The van der Waals surface area contributed by atoms with Crippen LogP contribution in [0.3, 0.4) is 0 Å². The van der Waals surface area contributed by atoms with Crippen molar-refractivity contribution in [3.05, 3.63) is 86.9 Å². The van der Waals surface area contributed by atoms with Crippen LogP contribution in [0.4, 0.5) is 11.4 Å². The Morgan fingerprint density at radius 1 is 0.925 bits per heavy atom. The van der Waals surface area contributed by atoms with E-state index >= 15 is 0 Å². The summed E-state index contributed by atoms with van der Waals surface area (Å²) in [6.07, 6.45) is 0.788. The lowest BCUT2D eigenvalue weighted by Crippen LogP contribution is -2.38. The lowest BCUT2D eigenvalue weighted by atomic mass is 10.0. The van der Waals surface area contributed by atoms with E-state index in [1.165, 1.54) is 4.90 Å². The standard InChI is InChI=1S/C29H27Cl3N4O4/c30-19-3-6-21(7-4-19)40-17-28(38)36-25-9-2-18(29(39)35-12-1-10-33-11-13-35)14-24(25)34-27(37)16-26(36)22-8-5-20(31)15-23(22)32/h2-9,14-15,26,33H,1,10-13,16-17H2,(H,34,37). The van der Waals surface area contributed by atoms with Crippen molar-refractivity contribution in [2.24, 2.45) is 0 Å². The van der Waals surface area contributed by atoms with Gasteiger partial charge >= 0.3 is 0 Å². The van der Waals surface area contributed by atoms with E-state index in [4.69, 9.17) is 39.5 Å². The molecule has 40 heavy (non-hydrogen) atoms. The molecule has 2 aliphatic rings. The van der Waals surface area contributed by atoms with Crippen molar-refractivity contribution in [2.75, 3.05) is 43.0 Å². The second kappa shape index (κ2) is 12.5. The molecule has 2 aliphatic heterocycles. The largest absolute Gasteiger partial charge is 0.484 e. The molecule has 0 saturated carbocycles. The van der Waals surface area contributed by atoms with Crippen LogP contribution in [-0.4, -0.2) is 55.4 Å². The van der Waals surface area contributed by atoms with Crippen LogP contribution in [0.2, 0.25) is 15.1 Å². The number of anilines is 2. The van der Waals surface area contributed by atoms with E-state index in [1.807, 2.05) is 0 Å². The number of hydrogen-bond acceptors (Lipinski definition) is 5. The number of nitrogens with zero attached hydrogens (tertiary/aromatic N) is 2. The van der Waals surface area contributed by atoms with Crippen LogP contribution in [0.25, 0.3) is 0 Å². The lowest BCUT2D eigenvalue weighted by Gasteiger charge is -2.31. The zero-order valence-electron chi connectivity index (χ0n) is 21.5. The molecule has 208 valence electrons. The van der Waals surface area contributed by atoms with E-state index in [9.17, 15) is 14.4 Å². The molecule has 5 rings (SSSR count). The molecule has 1 saturated heterocycles. The van der Waals surface area contributed by atoms with Gasteiger partial charge in [0.05, 0.1) is 23.8 Å². The molecule has 11 heteroatoms. The van der Waals surface area contributed by atoms with Crippen molar-refractivity contribution in [3.63, 3.8) is 0 Å². The number of amides is 3. The normalized spacial score (nSPS) is 17.4. The van der Waals surface area contributed by atoms with E-state index in [0.717, 1.165) is 13.0 Å². The summed E-state index contributed by atoms with van der Waals surface area (Å²) in [4.78, 5) is 43.6. The molecule has 3 amide bonds. The minimum absolute atomic E-state index is 0.0657. The van der Waals surface area contributed by atoms with Crippen molar-refractivity contribution in [2.45, 2.75) is 18.9 Å². The number of halogens is 3. The first kappa shape index (κ1) is 28.2. The topological polar surface area (TPSA) is 91.0 Å². The molecule has 0 aliphatic carbocycles. The van der Waals surface area contributed by atoms with Gasteiger partial charge in [-0.05, 0) is 73.1 Å². The fourth-order valence-corrected chi connectivity index (χ4v) is 5.58. The van der Waals surface area contributed by atoms with Gasteiger partial charge in [-0.2, -0.15) is 0 Å². The van der Waals surface area contributed by atoms with Crippen LogP contribution in [0.5, 0.6) is 5.75 Å². The molecule has 1 unspecified atom stereocenters. The third-order valence-electron chi connectivity index (χ3n) is 6.86. The maximum absolute atomic E-state index is 13.8. The summed E-state index contributed by atoms with van der Waals surface area (Å²) in [6.45, 7) is 2.49. The predicted octanol–water partition coefficient (Wildman–Crippen LogP) is 5.58. The number of rotatable bonds is 5. The number of carbonyl (C=O) groups excluding carboxylic acids is 3. The monoisotopic (exact) mass is 600 g/mol. The van der Waals surface area contributed by atoms with Crippen molar-refractivity contribution in [1.29, 1.82) is 0 Å². The van der Waals surface area contributed by atoms with E-state index in [-0.39, 0.29) is 24.8 Å². The Hall–Kier alpha value is -3.30. The van der Waals surface area contributed by atoms with Crippen LogP contribution >= 0.6 is 34.8 Å². The number of hydrogen-bond donors (Lipinski definition) is 2. The molecule has 0 radical (unpaired) electrons. The molecular formula is C29H27Cl3N4O4. The summed E-state index contributed by atoms with van der Waals surface area (Å²) in [7, 11) is 0. The molecule has 3 aromatic carbocycles. The highest BCUT2D eigenvalue weighted by Gasteiger charge is 2.35. The number of carbonyl (C=O) groups is 3. The van der Waals surface area contributed by atoms with Crippen LogP contribution < -0.4 is 20.3 Å². The highest BCUT2D eigenvalue weighted by Crippen LogP contribution is 2.41. The highest BCUT2D eigenvalue weighted by atomic mass is 35.5. The highest BCUT2D eigenvalue weighted by molar-refractivity contribution is 6.35. The summed E-state index contributed by atoms with van der Waals surface area (Å²) >= 11 is 18.7. The fraction of sp³-hybridized carbons (Fsp3) is 0.276. The third-order valence-corrected chi connectivity index (χ3v) is 7.68. The lowest BCUT2D eigenvalue weighted by molar-refractivity contribution is -0.121. The summed E-state index contributed by atoms with van der Waals surface area (Å²) in [6, 6.07) is 15.9. The van der Waals surface area contributed by atoms with Gasteiger partial charge < -0.3 is 20.3 Å². The Kier molecular flexibility index (Phi) is 8.81. The first-order valence-corrected chi connectivity index (χ1v) is 14.0. The number of ether oxygens (including phenoxy) is 1. The number of fused-ring (bicyclic) bond motifs is 1. The molecule has 8 nitrogen and oxygen atoms in total. The smallest absolute Gasteiger partial charge is 0.265 e. The molecule has 0 aromatic heterocycles. The zero-order chi connectivity index (χ0) is 28.2. The van der Waals surface area contributed by atoms with Gasteiger partial charge in [-0.25, -0.2) is 0 Å². The Morgan fingerprint density at radius 2 is 1.70 bits per heavy atom. The van der Waals surface area contributed by atoms with E-state index in [0.29, 0.717) is 63.0 Å². The van der Waals surface area contributed by atoms with Gasteiger partial charge in [-0.15, -0.1) is 0 Å². The molecule has 0 spiro atoms. The SMILES string of the molecule is O=C1CC(c2ccc(Cl)cc2Cl)N(C(=O)COc2ccc(Cl)cc2)c2ccc(C(=O)N3CCCNCC3)cc2N1. The van der Waals surface area contributed by atoms with Gasteiger partial charge in [0.25, 0.3) is 11.8 Å². The van der Waals surface area contributed by atoms with Gasteiger partial charge in [0.2, 0.25) is 5.91 Å². The van der Waals surface area contributed by atoms with Crippen molar-refractivity contribution < 1.29 is 19.1 Å². The summed E-state index contributed by atoms with van der Waals surface area (Å²) < 4.78 is 5.77. The second-order valence-corrected chi connectivity index (χ2v) is 10.8. The Morgan fingerprint density at radius 3 is 2.48 bits per heavy atom. The van der Waals surface area contributed by atoms with E-state index < -0.39 is 11.9 Å². The first-order valence-electron chi connectivity index (χ1n) is 12.9. The molecule has 0 bridgehead atoms. The van der Waals surface area contributed by atoms with Crippen LogP contribution in [0, 0.1) is 0 Å². The molecule has 2 N–H and O–H groups in total. The maximum atomic E-state index is 13.8. The molecule has 2 heterocycles. The summed E-state index contributed by atoms with van der Waals surface area (Å²) in [5, 5.41) is 7.48. The van der Waals surface area contributed by atoms with Crippen LogP contribution in [0.1, 0.15) is 34.8 Å². The van der Waals surface area contributed by atoms with Crippen LogP contribution in [0.15, 0.2) is 60.7 Å². The Bertz CT molecular complexity index is 1430. The Labute approximate surface area is 247 Å². The zero-order valence-corrected chi connectivity index (χ0v) is 23.7. The summed E-state index contributed by atoms with van der Waals surface area (Å²) in [5.74, 6) is -0.390. The molecule has 3 aromatic rings. The Balaban J connectivity index is 1.52. The fourth-order valence-electron chi connectivity index (χ4n) is 4.92.